The Balaban J connectivity index is 2.01. The smallest absolute Gasteiger partial charge is 0.269 e. The number of nitrogens with zero attached hydrogens (tertiary/aromatic N) is 2. The van der Waals surface area contributed by atoms with Crippen LogP contribution in [-0.4, -0.2) is 34.9 Å². The maximum Gasteiger partial charge on any atom is 0.269 e. The summed E-state index contributed by atoms with van der Waals surface area (Å²) in [4.78, 5) is 23.8. The van der Waals surface area contributed by atoms with E-state index >= 15 is 0 Å². The SMILES string of the molecule is CCC(=O)N1CCC(Nc2ccc([N+](=O)[O-])cc2C)C1. The molecular formula is C14H19N3O3. The van der Waals surface area contributed by atoms with Crippen molar-refractivity contribution in [1.82, 2.24) is 4.90 Å². The number of non-ortho nitro benzene ring substituents is 1. The van der Waals surface area contributed by atoms with Gasteiger partial charge in [-0.15, -0.1) is 0 Å². The first kappa shape index (κ1) is 14.3. The molecule has 1 amide bonds. The van der Waals surface area contributed by atoms with Gasteiger partial charge >= 0.3 is 0 Å². The second-order valence-electron chi connectivity index (χ2n) is 5.08. The monoisotopic (exact) mass is 277 g/mol. The molecule has 1 fully saturated rings. The highest BCUT2D eigenvalue weighted by Gasteiger charge is 2.25. The van der Waals surface area contributed by atoms with Crippen LogP contribution in [0.5, 0.6) is 0 Å². The molecule has 0 bridgehead atoms. The minimum Gasteiger partial charge on any atom is -0.380 e. The lowest BCUT2D eigenvalue weighted by Gasteiger charge is -2.18. The zero-order valence-electron chi connectivity index (χ0n) is 11.8. The molecule has 20 heavy (non-hydrogen) atoms. The van der Waals surface area contributed by atoms with Gasteiger partial charge in [0.1, 0.15) is 0 Å². The Morgan fingerprint density at radius 1 is 1.55 bits per heavy atom. The van der Waals surface area contributed by atoms with E-state index < -0.39 is 4.92 Å². The Morgan fingerprint density at radius 2 is 2.30 bits per heavy atom. The van der Waals surface area contributed by atoms with Crippen molar-refractivity contribution in [3.05, 3.63) is 33.9 Å². The van der Waals surface area contributed by atoms with Crippen molar-refractivity contribution < 1.29 is 9.72 Å². The van der Waals surface area contributed by atoms with Crippen molar-refractivity contribution in [1.29, 1.82) is 0 Å². The van der Waals surface area contributed by atoms with Gasteiger partial charge in [-0.1, -0.05) is 6.92 Å². The number of hydrogen-bond acceptors (Lipinski definition) is 4. The first-order valence-electron chi connectivity index (χ1n) is 6.80. The Labute approximate surface area is 117 Å². The first-order valence-corrected chi connectivity index (χ1v) is 6.80. The van der Waals surface area contributed by atoms with E-state index in [1.165, 1.54) is 6.07 Å². The van der Waals surface area contributed by atoms with E-state index in [1.54, 1.807) is 12.1 Å². The van der Waals surface area contributed by atoms with Gasteiger partial charge in [-0.25, -0.2) is 0 Å². The largest absolute Gasteiger partial charge is 0.380 e. The summed E-state index contributed by atoms with van der Waals surface area (Å²) in [5, 5.41) is 14.1. The molecular weight excluding hydrogens is 258 g/mol. The number of hydrogen-bond donors (Lipinski definition) is 1. The second kappa shape index (κ2) is 5.90. The van der Waals surface area contributed by atoms with E-state index in [4.69, 9.17) is 0 Å². The van der Waals surface area contributed by atoms with E-state index in [0.29, 0.717) is 13.0 Å². The van der Waals surface area contributed by atoms with Crippen molar-refractivity contribution in [2.24, 2.45) is 0 Å². The summed E-state index contributed by atoms with van der Waals surface area (Å²) in [5.74, 6) is 0.176. The molecule has 6 nitrogen and oxygen atoms in total. The third-order valence-electron chi connectivity index (χ3n) is 3.62. The number of rotatable bonds is 4. The third-order valence-corrected chi connectivity index (χ3v) is 3.62. The van der Waals surface area contributed by atoms with Crippen molar-refractivity contribution >= 4 is 17.3 Å². The molecule has 0 spiro atoms. The molecule has 1 saturated heterocycles. The van der Waals surface area contributed by atoms with Crippen LogP contribution in [0.25, 0.3) is 0 Å². The molecule has 6 heteroatoms. The van der Waals surface area contributed by atoms with Gasteiger partial charge in [-0.2, -0.15) is 0 Å². The van der Waals surface area contributed by atoms with Gasteiger partial charge in [0.05, 0.1) is 4.92 Å². The number of likely N-dealkylation sites (tertiary alicyclic amines) is 1. The highest BCUT2D eigenvalue weighted by molar-refractivity contribution is 5.76. The predicted octanol–water partition coefficient (Wildman–Crippen LogP) is 2.33. The zero-order chi connectivity index (χ0) is 14.7. The van der Waals surface area contributed by atoms with Crippen LogP contribution >= 0.6 is 0 Å². The molecule has 2 rings (SSSR count). The van der Waals surface area contributed by atoms with Crippen LogP contribution in [0.15, 0.2) is 18.2 Å². The fourth-order valence-corrected chi connectivity index (χ4v) is 2.47. The van der Waals surface area contributed by atoms with Crippen molar-refractivity contribution in [2.75, 3.05) is 18.4 Å². The Hall–Kier alpha value is -2.11. The molecule has 0 aliphatic carbocycles. The number of carbonyl (C=O) groups excluding carboxylic acids is 1. The van der Waals surface area contributed by atoms with Crippen LogP contribution in [0.3, 0.4) is 0 Å². The van der Waals surface area contributed by atoms with Crippen LogP contribution in [0.4, 0.5) is 11.4 Å². The number of amides is 1. The zero-order valence-corrected chi connectivity index (χ0v) is 11.8. The fourth-order valence-electron chi connectivity index (χ4n) is 2.47. The number of anilines is 1. The van der Waals surface area contributed by atoms with Crippen LogP contribution in [0.2, 0.25) is 0 Å². The van der Waals surface area contributed by atoms with Gasteiger partial charge in [-0.05, 0) is 25.0 Å². The maximum atomic E-state index is 11.6. The topological polar surface area (TPSA) is 75.5 Å². The van der Waals surface area contributed by atoms with Gasteiger partial charge in [0.25, 0.3) is 5.69 Å². The summed E-state index contributed by atoms with van der Waals surface area (Å²) in [5.41, 5.74) is 1.84. The third kappa shape index (κ3) is 3.07. The van der Waals surface area contributed by atoms with Gasteiger partial charge in [-0.3, -0.25) is 14.9 Å². The van der Waals surface area contributed by atoms with Crippen LogP contribution < -0.4 is 5.32 Å². The molecule has 1 N–H and O–H groups in total. The van der Waals surface area contributed by atoms with E-state index in [0.717, 1.165) is 24.2 Å². The Bertz CT molecular complexity index is 530. The van der Waals surface area contributed by atoms with E-state index in [9.17, 15) is 14.9 Å². The lowest BCUT2D eigenvalue weighted by molar-refractivity contribution is -0.384. The average Bonchev–Trinajstić information content (AvgIpc) is 2.88. The molecule has 1 aromatic carbocycles. The average molecular weight is 277 g/mol. The summed E-state index contributed by atoms with van der Waals surface area (Å²) in [6.45, 7) is 5.18. The van der Waals surface area contributed by atoms with E-state index in [2.05, 4.69) is 5.32 Å². The summed E-state index contributed by atoms with van der Waals surface area (Å²) in [6.07, 6.45) is 1.44. The number of nitrogens with one attached hydrogen (secondary N) is 1. The molecule has 1 unspecified atom stereocenters. The molecule has 0 radical (unpaired) electrons. The van der Waals surface area contributed by atoms with Crippen molar-refractivity contribution in [3.63, 3.8) is 0 Å². The van der Waals surface area contributed by atoms with Crippen LogP contribution in [-0.2, 0) is 4.79 Å². The van der Waals surface area contributed by atoms with Crippen LogP contribution in [0, 0.1) is 17.0 Å². The Kier molecular flexibility index (Phi) is 4.22. The minimum atomic E-state index is -0.395. The summed E-state index contributed by atoms with van der Waals surface area (Å²) >= 11 is 0. The summed E-state index contributed by atoms with van der Waals surface area (Å²) in [6, 6.07) is 5.01. The maximum absolute atomic E-state index is 11.6. The highest BCUT2D eigenvalue weighted by Crippen LogP contribution is 2.23. The standard InChI is InChI=1S/C14H19N3O3/c1-3-14(18)16-7-6-11(9-16)15-13-5-4-12(17(19)20)8-10(13)2/h4-5,8,11,15H,3,6-7,9H2,1-2H3. The first-order chi connectivity index (χ1) is 9.51. The Morgan fingerprint density at radius 3 is 2.90 bits per heavy atom. The van der Waals surface area contributed by atoms with E-state index in [1.807, 2.05) is 18.7 Å². The lowest BCUT2D eigenvalue weighted by Crippen LogP contribution is -2.31. The molecule has 1 aromatic rings. The number of carbonyl (C=O) groups is 1. The van der Waals surface area contributed by atoms with E-state index in [-0.39, 0.29) is 17.6 Å². The fraction of sp³-hybridized carbons (Fsp3) is 0.500. The lowest BCUT2D eigenvalue weighted by atomic mass is 10.1. The number of aryl methyl sites for hydroxylation is 1. The van der Waals surface area contributed by atoms with Gasteiger partial charge in [0.2, 0.25) is 5.91 Å². The van der Waals surface area contributed by atoms with Crippen molar-refractivity contribution in [2.45, 2.75) is 32.7 Å². The number of nitro groups is 1. The minimum absolute atomic E-state index is 0.0993. The number of nitro benzene ring substituents is 1. The predicted molar refractivity (Wildman–Crippen MR) is 76.7 cm³/mol. The molecule has 1 heterocycles. The normalized spacial score (nSPS) is 18.1. The molecule has 0 saturated carbocycles. The highest BCUT2D eigenvalue weighted by atomic mass is 16.6. The molecule has 0 aromatic heterocycles. The quantitative estimate of drug-likeness (QED) is 0.677. The van der Waals surface area contributed by atoms with Gasteiger partial charge in [0, 0.05) is 43.4 Å². The second-order valence-corrected chi connectivity index (χ2v) is 5.08. The summed E-state index contributed by atoms with van der Waals surface area (Å²) in [7, 11) is 0. The number of benzene rings is 1. The van der Waals surface area contributed by atoms with Gasteiger partial charge in [0.15, 0.2) is 0 Å². The van der Waals surface area contributed by atoms with Crippen molar-refractivity contribution in [3.8, 4) is 0 Å². The van der Waals surface area contributed by atoms with Gasteiger partial charge < -0.3 is 10.2 Å². The van der Waals surface area contributed by atoms with Crippen LogP contribution in [0.1, 0.15) is 25.3 Å². The summed E-state index contributed by atoms with van der Waals surface area (Å²) < 4.78 is 0. The molecule has 108 valence electrons. The molecule has 1 atom stereocenters. The molecule has 1 aliphatic heterocycles. The molecule has 1 aliphatic rings.